The first-order valence-electron chi connectivity index (χ1n) is 6.97. The van der Waals surface area contributed by atoms with Gasteiger partial charge in [-0.15, -0.1) is 0 Å². The number of nitrogen functional groups attached to an aromatic ring is 1. The van der Waals surface area contributed by atoms with E-state index in [0.29, 0.717) is 31.0 Å². The summed E-state index contributed by atoms with van der Waals surface area (Å²) in [6.45, 7) is 5.36. The lowest BCUT2D eigenvalue weighted by atomic mass is 10.1. The van der Waals surface area contributed by atoms with Crippen molar-refractivity contribution in [2.24, 2.45) is 5.92 Å². The van der Waals surface area contributed by atoms with Crippen molar-refractivity contribution in [3.63, 3.8) is 0 Å². The van der Waals surface area contributed by atoms with Crippen molar-refractivity contribution < 1.29 is 9.47 Å². The lowest BCUT2D eigenvalue weighted by molar-refractivity contribution is 0.122. The molecule has 1 aromatic heterocycles. The van der Waals surface area contributed by atoms with E-state index < -0.39 is 0 Å². The van der Waals surface area contributed by atoms with Crippen LogP contribution in [0.15, 0.2) is 0 Å². The van der Waals surface area contributed by atoms with Gasteiger partial charge in [-0.05, 0) is 6.42 Å². The smallest absolute Gasteiger partial charge is 0.232 e. The Morgan fingerprint density at radius 1 is 1.15 bits per heavy atom. The molecular formula is C12H20N6O2. The Bertz CT molecular complexity index is 446. The number of ether oxygens (including phenoxy) is 2. The van der Waals surface area contributed by atoms with Gasteiger partial charge in [-0.3, -0.25) is 0 Å². The van der Waals surface area contributed by atoms with Crippen molar-refractivity contribution in [2.45, 2.75) is 6.42 Å². The van der Waals surface area contributed by atoms with Gasteiger partial charge in [0.15, 0.2) is 0 Å². The quantitative estimate of drug-likeness (QED) is 0.778. The summed E-state index contributed by atoms with van der Waals surface area (Å²) in [7, 11) is 0. The molecule has 2 aliphatic rings. The molecule has 0 bridgehead atoms. The Balaban J connectivity index is 1.65. The van der Waals surface area contributed by atoms with Crippen molar-refractivity contribution >= 4 is 17.8 Å². The maximum Gasteiger partial charge on any atom is 0.232 e. The molecule has 3 heterocycles. The van der Waals surface area contributed by atoms with Crippen LogP contribution in [0.2, 0.25) is 0 Å². The van der Waals surface area contributed by atoms with Gasteiger partial charge in [0, 0.05) is 32.2 Å². The van der Waals surface area contributed by atoms with Crippen LogP contribution in [0.1, 0.15) is 6.42 Å². The Labute approximate surface area is 117 Å². The topological polar surface area (TPSA) is 98.4 Å². The Morgan fingerprint density at radius 3 is 2.75 bits per heavy atom. The Morgan fingerprint density at radius 2 is 2.00 bits per heavy atom. The minimum Gasteiger partial charge on any atom is -0.381 e. The molecular weight excluding hydrogens is 260 g/mol. The van der Waals surface area contributed by atoms with Gasteiger partial charge in [-0.1, -0.05) is 0 Å². The number of nitrogens with one attached hydrogen (secondary N) is 1. The van der Waals surface area contributed by atoms with E-state index in [1.807, 2.05) is 0 Å². The maximum absolute atomic E-state index is 5.76. The number of rotatable bonds is 4. The molecule has 3 rings (SSSR count). The third kappa shape index (κ3) is 3.26. The van der Waals surface area contributed by atoms with Crippen molar-refractivity contribution in [2.75, 3.05) is 62.0 Å². The second-order valence-corrected chi connectivity index (χ2v) is 5.03. The highest BCUT2D eigenvalue weighted by atomic mass is 16.5. The van der Waals surface area contributed by atoms with Crippen LogP contribution in [0.4, 0.5) is 17.8 Å². The van der Waals surface area contributed by atoms with Gasteiger partial charge >= 0.3 is 0 Å². The first-order chi connectivity index (χ1) is 9.81. The molecule has 0 amide bonds. The van der Waals surface area contributed by atoms with Gasteiger partial charge in [0.05, 0.1) is 19.8 Å². The number of hydrogen-bond donors (Lipinski definition) is 2. The van der Waals surface area contributed by atoms with Crippen molar-refractivity contribution in [1.29, 1.82) is 0 Å². The predicted molar refractivity (Wildman–Crippen MR) is 74.7 cm³/mol. The van der Waals surface area contributed by atoms with Gasteiger partial charge in [0.1, 0.15) is 0 Å². The molecule has 8 heteroatoms. The van der Waals surface area contributed by atoms with Crippen LogP contribution >= 0.6 is 0 Å². The van der Waals surface area contributed by atoms with E-state index in [1.165, 1.54) is 0 Å². The molecule has 1 aromatic rings. The SMILES string of the molecule is Nc1nc(NCC2CCOC2)nc(N2CCOCC2)n1. The van der Waals surface area contributed by atoms with Crippen LogP contribution in [0, 0.1) is 5.92 Å². The van der Waals surface area contributed by atoms with Gasteiger partial charge < -0.3 is 25.4 Å². The molecule has 2 aliphatic heterocycles. The van der Waals surface area contributed by atoms with Crippen LogP contribution in [0.3, 0.4) is 0 Å². The largest absolute Gasteiger partial charge is 0.381 e. The Hall–Kier alpha value is -1.67. The molecule has 8 nitrogen and oxygen atoms in total. The number of aromatic nitrogens is 3. The van der Waals surface area contributed by atoms with Gasteiger partial charge in [-0.25, -0.2) is 0 Å². The van der Waals surface area contributed by atoms with Crippen molar-refractivity contribution in [3.05, 3.63) is 0 Å². The highest BCUT2D eigenvalue weighted by Gasteiger charge is 2.18. The molecule has 1 unspecified atom stereocenters. The van der Waals surface area contributed by atoms with E-state index in [1.54, 1.807) is 0 Å². The molecule has 1 atom stereocenters. The molecule has 0 aliphatic carbocycles. The van der Waals surface area contributed by atoms with E-state index in [2.05, 4.69) is 25.2 Å². The standard InChI is InChI=1S/C12H20N6O2/c13-10-15-11(14-7-9-1-4-20-8-9)17-12(16-10)18-2-5-19-6-3-18/h9H,1-8H2,(H3,13,14,15,16,17). The van der Waals surface area contributed by atoms with E-state index in [4.69, 9.17) is 15.2 Å². The summed E-state index contributed by atoms with van der Waals surface area (Å²) in [5.74, 6) is 1.91. The minimum absolute atomic E-state index is 0.242. The number of nitrogens with two attached hydrogens (primary N) is 1. The van der Waals surface area contributed by atoms with Gasteiger partial charge in [0.25, 0.3) is 0 Å². The molecule has 20 heavy (non-hydrogen) atoms. The summed E-state index contributed by atoms with van der Waals surface area (Å²) >= 11 is 0. The lowest BCUT2D eigenvalue weighted by Gasteiger charge is -2.26. The van der Waals surface area contributed by atoms with Crippen LogP contribution in [-0.4, -0.2) is 61.0 Å². The molecule has 0 radical (unpaired) electrons. The number of anilines is 3. The molecule has 0 spiro atoms. The van der Waals surface area contributed by atoms with Gasteiger partial charge in [-0.2, -0.15) is 15.0 Å². The normalized spacial score (nSPS) is 23.0. The second kappa shape index (κ2) is 6.19. The minimum atomic E-state index is 0.242. The van der Waals surface area contributed by atoms with E-state index in [-0.39, 0.29) is 5.95 Å². The number of nitrogens with zero attached hydrogens (tertiary/aromatic N) is 4. The first-order valence-corrected chi connectivity index (χ1v) is 6.97. The monoisotopic (exact) mass is 280 g/mol. The molecule has 110 valence electrons. The zero-order valence-electron chi connectivity index (χ0n) is 11.4. The van der Waals surface area contributed by atoms with E-state index in [9.17, 15) is 0 Å². The average Bonchev–Trinajstić information content (AvgIpc) is 2.99. The fourth-order valence-corrected chi connectivity index (χ4v) is 2.34. The number of morpholine rings is 1. The fraction of sp³-hybridized carbons (Fsp3) is 0.750. The Kier molecular flexibility index (Phi) is 4.12. The summed E-state index contributed by atoms with van der Waals surface area (Å²) in [6.07, 6.45) is 1.07. The summed E-state index contributed by atoms with van der Waals surface area (Å²) in [6, 6.07) is 0. The average molecular weight is 280 g/mol. The van der Waals surface area contributed by atoms with Crippen LogP contribution in [-0.2, 0) is 9.47 Å². The highest BCUT2D eigenvalue weighted by molar-refractivity contribution is 5.42. The van der Waals surface area contributed by atoms with E-state index >= 15 is 0 Å². The molecule has 0 aromatic carbocycles. The van der Waals surface area contributed by atoms with Crippen LogP contribution in [0.5, 0.6) is 0 Å². The molecule has 2 saturated heterocycles. The zero-order valence-corrected chi connectivity index (χ0v) is 11.4. The molecule has 0 saturated carbocycles. The summed E-state index contributed by atoms with van der Waals surface area (Å²) in [5, 5.41) is 3.23. The van der Waals surface area contributed by atoms with Crippen molar-refractivity contribution in [3.8, 4) is 0 Å². The second-order valence-electron chi connectivity index (χ2n) is 5.03. The van der Waals surface area contributed by atoms with Crippen LogP contribution in [0.25, 0.3) is 0 Å². The third-order valence-electron chi connectivity index (χ3n) is 3.51. The molecule has 2 fully saturated rings. The lowest BCUT2D eigenvalue weighted by Crippen LogP contribution is -2.37. The third-order valence-corrected chi connectivity index (χ3v) is 3.51. The van der Waals surface area contributed by atoms with Crippen molar-refractivity contribution in [1.82, 2.24) is 15.0 Å². The zero-order chi connectivity index (χ0) is 13.8. The van der Waals surface area contributed by atoms with Gasteiger partial charge in [0.2, 0.25) is 17.8 Å². The summed E-state index contributed by atoms with van der Waals surface area (Å²) in [4.78, 5) is 14.8. The van der Waals surface area contributed by atoms with Crippen LogP contribution < -0.4 is 16.0 Å². The highest BCUT2D eigenvalue weighted by Crippen LogP contribution is 2.16. The predicted octanol–water partition coefficient (Wildman–Crippen LogP) is -0.261. The summed E-state index contributed by atoms with van der Waals surface area (Å²) < 4.78 is 10.7. The summed E-state index contributed by atoms with van der Waals surface area (Å²) in [5.41, 5.74) is 5.76. The maximum atomic E-state index is 5.76. The fourth-order valence-electron chi connectivity index (χ4n) is 2.34. The first kappa shape index (κ1) is 13.3. The van der Waals surface area contributed by atoms with E-state index in [0.717, 1.165) is 39.3 Å². The molecule has 3 N–H and O–H groups in total. The number of hydrogen-bond acceptors (Lipinski definition) is 8.